The molecule has 4 bridgehead atoms. The number of fused-ring (bicyclic) bond motifs is 5. The number of rotatable bonds is 11. The molecule has 1 saturated carbocycles. The van der Waals surface area contributed by atoms with Crippen molar-refractivity contribution in [2.45, 2.75) is 90.1 Å². The van der Waals surface area contributed by atoms with E-state index in [2.05, 4.69) is 40.3 Å². The monoisotopic (exact) mass is 758 g/mol. The molecule has 13 nitrogen and oxygen atoms in total. The minimum atomic E-state index is -1.04. The van der Waals surface area contributed by atoms with E-state index in [0.717, 1.165) is 12.0 Å². The topological polar surface area (TPSA) is 211 Å². The highest BCUT2D eigenvalue weighted by atomic mass is 16.2. The molecule has 1 aliphatic carbocycles. The first-order valence-corrected chi connectivity index (χ1v) is 19.2. The smallest absolute Gasteiger partial charge is 0.255 e. The summed E-state index contributed by atoms with van der Waals surface area (Å²) in [5.74, 6) is -2.12. The normalized spacial score (nSPS) is 16.8. The Kier molecular flexibility index (Phi) is 11.9. The maximum atomic E-state index is 14.1. The molecule has 1 unspecified atom stereocenters. The number of benzene rings is 3. The number of carbonyl (C=O) groups is 5. The number of hydrogen-bond acceptors (Lipinski definition) is 8. The fourth-order valence-corrected chi connectivity index (χ4v) is 7.69. The lowest BCUT2D eigenvalue weighted by atomic mass is 9.90. The van der Waals surface area contributed by atoms with Crippen LogP contribution in [0.5, 0.6) is 0 Å². The van der Waals surface area contributed by atoms with Gasteiger partial charge in [0.2, 0.25) is 23.6 Å². The molecular formula is C43H50N8O5. The molecule has 2 atom stereocenters. The van der Waals surface area contributed by atoms with Gasteiger partial charge in [0.05, 0.1) is 35.6 Å². The molecule has 56 heavy (non-hydrogen) atoms. The Balaban J connectivity index is 1.26. The summed E-state index contributed by atoms with van der Waals surface area (Å²) in [5.41, 5.74) is 19.2. The van der Waals surface area contributed by atoms with Crippen LogP contribution in [0.3, 0.4) is 0 Å². The minimum Gasteiger partial charge on any atom is -0.368 e. The average molecular weight is 759 g/mol. The molecule has 13 heteroatoms. The Morgan fingerprint density at radius 1 is 0.929 bits per heavy atom. The molecule has 3 aromatic carbocycles. The summed E-state index contributed by atoms with van der Waals surface area (Å²) in [4.78, 5) is 75.0. The Labute approximate surface area is 326 Å². The molecular weight excluding hydrogens is 709 g/mol. The average Bonchev–Trinajstić information content (AvgIpc) is 3.94. The van der Waals surface area contributed by atoms with Gasteiger partial charge in [0.15, 0.2) is 5.82 Å². The number of aromatic nitrogens is 2. The molecule has 1 fully saturated rings. The van der Waals surface area contributed by atoms with E-state index in [9.17, 15) is 24.0 Å². The van der Waals surface area contributed by atoms with Crippen molar-refractivity contribution in [3.8, 4) is 22.5 Å². The molecule has 5 amide bonds. The van der Waals surface area contributed by atoms with E-state index < -0.39 is 35.7 Å². The number of anilines is 1. The van der Waals surface area contributed by atoms with Gasteiger partial charge >= 0.3 is 0 Å². The van der Waals surface area contributed by atoms with Crippen LogP contribution < -0.4 is 32.7 Å². The largest absolute Gasteiger partial charge is 0.368 e. The summed E-state index contributed by atoms with van der Waals surface area (Å²) >= 11 is 0. The van der Waals surface area contributed by atoms with Gasteiger partial charge in [0.25, 0.3) is 5.91 Å². The third-order valence-corrected chi connectivity index (χ3v) is 10.7. The summed E-state index contributed by atoms with van der Waals surface area (Å²) in [5, 5.41) is 11.1. The van der Waals surface area contributed by atoms with Gasteiger partial charge in [-0.25, -0.2) is 9.97 Å². The van der Waals surface area contributed by atoms with Crippen molar-refractivity contribution in [2.75, 3.05) is 18.4 Å². The van der Waals surface area contributed by atoms with E-state index in [1.807, 2.05) is 43.3 Å². The number of hydrogen-bond donors (Lipinski definition) is 6. The van der Waals surface area contributed by atoms with Gasteiger partial charge in [-0.1, -0.05) is 67.9 Å². The molecule has 1 aromatic heterocycles. The highest BCUT2D eigenvalue weighted by molar-refractivity contribution is 6.04. The number of nitrogens with two attached hydrogens (primary N) is 2. The number of aryl methyl sites for hydroxylation is 3. The first kappa shape index (κ1) is 39.7. The van der Waals surface area contributed by atoms with Crippen LogP contribution >= 0.6 is 0 Å². The summed E-state index contributed by atoms with van der Waals surface area (Å²) < 4.78 is 0. The molecule has 292 valence electrons. The van der Waals surface area contributed by atoms with Gasteiger partial charge in [-0.3, -0.25) is 24.0 Å². The van der Waals surface area contributed by atoms with Gasteiger partial charge in [0, 0.05) is 17.5 Å². The molecule has 0 radical (unpaired) electrons. The van der Waals surface area contributed by atoms with Crippen molar-refractivity contribution in [1.29, 1.82) is 0 Å². The van der Waals surface area contributed by atoms with Gasteiger partial charge in [-0.15, -0.1) is 0 Å². The second-order valence-electron chi connectivity index (χ2n) is 15.0. The zero-order valence-corrected chi connectivity index (χ0v) is 32.4. The molecule has 4 aromatic rings. The highest BCUT2D eigenvalue weighted by Gasteiger charge is 2.42. The predicted molar refractivity (Wildman–Crippen MR) is 214 cm³/mol. The van der Waals surface area contributed by atoms with Gasteiger partial charge in [-0.2, -0.15) is 0 Å². The number of nitrogens with one attached hydrogen (secondary N) is 4. The second kappa shape index (κ2) is 16.8. The van der Waals surface area contributed by atoms with E-state index in [0.29, 0.717) is 56.1 Å². The van der Waals surface area contributed by atoms with Crippen LogP contribution in [0.4, 0.5) is 5.69 Å². The number of primary amides is 1. The van der Waals surface area contributed by atoms with Crippen LogP contribution in [0, 0.1) is 20.8 Å². The van der Waals surface area contributed by atoms with E-state index in [4.69, 9.17) is 21.4 Å². The molecule has 6 rings (SSSR count). The van der Waals surface area contributed by atoms with Crippen LogP contribution in [-0.2, 0) is 37.4 Å². The number of nitrogens with zero attached hydrogens (tertiary/aromatic N) is 2. The molecule has 8 N–H and O–H groups in total. The standard InChI is InChI=1S/C43H50N8O5/c1-5-14-43(15-16-43)31-11-9-29(10-12-31)40-47-25(3)37(26(4)48-40)42(56)50-33(13-17-44)41(55)51-38-24(2)18-28-20-32(38)30-8-6-7-27(19-30)22-35(52)46-23-36(53)49-34(21-28)39(45)54/h6-12,18-20,33-34H,5,13-17,21-23,44H2,1-4H3,(H2,45,54)(H,46,52)(H,49,53)(H,50,56)(H,51,55)/t33-,34?/m0/s1. The van der Waals surface area contributed by atoms with Crippen LogP contribution in [0.15, 0.2) is 60.7 Å². The number of carbonyl (C=O) groups excluding carboxylic acids is 5. The maximum Gasteiger partial charge on any atom is 0.255 e. The molecule has 2 heterocycles. The first-order chi connectivity index (χ1) is 26.8. The van der Waals surface area contributed by atoms with Crippen molar-refractivity contribution in [3.63, 3.8) is 0 Å². The quantitative estimate of drug-likeness (QED) is 0.132. The first-order valence-electron chi connectivity index (χ1n) is 19.2. The van der Waals surface area contributed by atoms with Crippen LogP contribution in [0.25, 0.3) is 22.5 Å². The Morgan fingerprint density at radius 2 is 1.64 bits per heavy atom. The van der Waals surface area contributed by atoms with Crippen molar-refractivity contribution in [2.24, 2.45) is 11.5 Å². The SMILES string of the molecule is CCCC1(c2ccc(-c3nc(C)c(C(=O)N[C@@H](CCN)C(=O)Nc4c(C)cc5cc4-c4cccc(c4)CC(=O)NCC(=O)NC(C(N)=O)C5)c(C)n3)cc2)CC1. The van der Waals surface area contributed by atoms with Crippen LogP contribution in [0.1, 0.15) is 83.0 Å². The minimum absolute atomic E-state index is 0.000816. The van der Waals surface area contributed by atoms with E-state index in [-0.39, 0.29) is 43.8 Å². The van der Waals surface area contributed by atoms with Crippen molar-refractivity contribution in [3.05, 3.63) is 99.9 Å². The number of amides is 5. The van der Waals surface area contributed by atoms with Crippen molar-refractivity contribution in [1.82, 2.24) is 25.9 Å². The fraction of sp³-hybridized carbons (Fsp3) is 0.372. The van der Waals surface area contributed by atoms with Gasteiger partial charge < -0.3 is 32.7 Å². The Bertz CT molecular complexity index is 2160. The van der Waals surface area contributed by atoms with Crippen molar-refractivity contribution < 1.29 is 24.0 Å². The summed E-state index contributed by atoms with van der Waals surface area (Å²) in [6, 6.07) is 17.3. The fourth-order valence-electron chi connectivity index (χ4n) is 7.69. The lowest BCUT2D eigenvalue weighted by Crippen LogP contribution is -2.49. The molecule has 0 saturated heterocycles. The van der Waals surface area contributed by atoms with E-state index >= 15 is 0 Å². The molecule has 0 spiro atoms. The van der Waals surface area contributed by atoms with Gasteiger partial charge in [0.1, 0.15) is 12.1 Å². The maximum absolute atomic E-state index is 14.1. The Hall–Kier alpha value is -5.95. The molecule has 2 aliphatic rings. The zero-order valence-electron chi connectivity index (χ0n) is 32.4. The second-order valence-corrected chi connectivity index (χ2v) is 15.0. The van der Waals surface area contributed by atoms with Crippen LogP contribution in [-0.4, -0.2) is 64.7 Å². The van der Waals surface area contributed by atoms with Gasteiger partial charge in [-0.05, 0) is 92.3 Å². The lowest BCUT2D eigenvalue weighted by molar-refractivity contribution is -0.128. The lowest BCUT2D eigenvalue weighted by Gasteiger charge is -2.23. The third-order valence-electron chi connectivity index (χ3n) is 10.7. The zero-order chi connectivity index (χ0) is 40.1. The van der Waals surface area contributed by atoms with Crippen molar-refractivity contribution >= 4 is 35.2 Å². The highest BCUT2D eigenvalue weighted by Crippen LogP contribution is 2.51. The molecule has 1 aliphatic heterocycles. The third kappa shape index (κ3) is 8.94. The van der Waals surface area contributed by atoms with E-state index in [1.54, 1.807) is 26.0 Å². The summed E-state index contributed by atoms with van der Waals surface area (Å²) in [6.45, 7) is 7.36. The van der Waals surface area contributed by atoms with E-state index in [1.165, 1.54) is 24.8 Å². The van der Waals surface area contributed by atoms with Crippen LogP contribution in [0.2, 0.25) is 0 Å². The summed E-state index contributed by atoms with van der Waals surface area (Å²) in [7, 11) is 0. The Morgan fingerprint density at radius 3 is 2.29 bits per heavy atom. The predicted octanol–water partition coefficient (Wildman–Crippen LogP) is 3.84. The summed E-state index contributed by atoms with van der Waals surface area (Å²) in [6.07, 6.45) is 4.98.